The predicted molar refractivity (Wildman–Crippen MR) is 61.3 cm³/mol. The molecule has 0 bridgehead atoms. The second-order valence-electron chi connectivity index (χ2n) is 2.66. The zero-order chi connectivity index (χ0) is 9.52. The molecule has 0 aromatic heterocycles. The Hall–Kier alpha value is -1.02. The zero-order valence-corrected chi connectivity index (χ0v) is 8.71. The molecule has 0 spiro atoms. The van der Waals surface area contributed by atoms with Gasteiger partial charge in [0.05, 0.1) is 0 Å². The Labute approximate surface area is 83.6 Å². The van der Waals surface area contributed by atoms with Gasteiger partial charge in [-0.2, -0.15) is 0 Å². The van der Waals surface area contributed by atoms with Gasteiger partial charge in [0, 0.05) is 11.9 Å². The molecule has 0 aliphatic rings. The van der Waals surface area contributed by atoms with E-state index >= 15 is 0 Å². The zero-order valence-electron chi connectivity index (χ0n) is 7.90. The fourth-order valence-electron chi connectivity index (χ4n) is 0.916. The maximum atomic E-state index is 4.30. The Morgan fingerprint density at radius 2 is 2.00 bits per heavy atom. The molecule has 13 heavy (non-hydrogen) atoms. The van der Waals surface area contributed by atoms with Crippen molar-refractivity contribution in [1.29, 1.82) is 0 Å². The number of allylic oxidation sites excluding steroid dienone is 1. The fourth-order valence-corrected chi connectivity index (χ4v) is 1.32. The Morgan fingerprint density at radius 3 is 2.62 bits per heavy atom. The van der Waals surface area contributed by atoms with Gasteiger partial charge in [-0.05, 0) is 24.2 Å². The molecule has 68 valence electrons. The van der Waals surface area contributed by atoms with Gasteiger partial charge in [-0.25, -0.2) is 0 Å². The molecule has 0 saturated heterocycles. The molecule has 0 radical (unpaired) electrons. The molecule has 1 nitrogen and oxygen atoms in total. The number of nitrogens with zero attached hydrogens (tertiary/aromatic N) is 1. The van der Waals surface area contributed by atoms with E-state index in [4.69, 9.17) is 0 Å². The molecule has 0 fully saturated rings. The minimum atomic E-state index is 1.04. The van der Waals surface area contributed by atoms with Crippen LogP contribution in [0.3, 0.4) is 0 Å². The Bertz CT molecular complexity index is 301. The normalized spacial score (nSPS) is 12.3. The molecule has 0 atom stereocenters. The van der Waals surface area contributed by atoms with Crippen LogP contribution in [-0.2, 0) is 0 Å². The van der Waals surface area contributed by atoms with Crippen molar-refractivity contribution in [2.75, 3.05) is 6.26 Å². The Kier molecular flexibility index (Phi) is 4.33. The third kappa shape index (κ3) is 3.95. The summed E-state index contributed by atoms with van der Waals surface area (Å²) in [4.78, 5) is 4.30. The van der Waals surface area contributed by atoms with Gasteiger partial charge in [0.1, 0.15) is 0 Å². The summed E-state index contributed by atoms with van der Waals surface area (Å²) >= 11 is 1.67. The van der Waals surface area contributed by atoms with Crippen LogP contribution in [-0.4, -0.2) is 12.5 Å². The first-order valence-corrected chi connectivity index (χ1v) is 5.40. The number of rotatable bonds is 3. The van der Waals surface area contributed by atoms with Crippen LogP contribution >= 0.6 is 11.8 Å². The van der Waals surface area contributed by atoms with Crippen molar-refractivity contribution in [3.63, 3.8) is 0 Å². The Balaban J connectivity index is 2.64. The Morgan fingerprint density at radius 1 is 1.31 bits per heavy atom. The van der Waals surface area contributed by atoms with E-state index in [9.17, 15) is 0 Å². The molecule has 1 aromatic rings. The molecular weight excluding hydrogens is 178 g/mol. The molecule has 1 aromatic carbocycles. The molecule has 0 saturated carbocycles. The lowest BCUT2D eigenvalue weighted by molar-refractivity contribution is 1.33. The lowest BCUT2D eigenvalue weighted by atomic mass is 10.2. The summed E-state index contributed by atoms with van der Waals surface area (Å²) < 4.78 is 0. The van der Waals surface area contributed by atoms with Crippen molar-refractivity contribution in [2.45, 2.75) is 6.92 Å². The number of aliphatic imine (C=N–C) groups is 1. The van der Waals surface area contributed by atoms with Crippen molar-refractivity contribution in [3.05, 3.63) is 47.0 Å². The van der Waals surface area contributed by atoms with Crippen LogP contribution in [0.15, 0.2) is 46.4 Å². The van der Waals surface area contributed by atoms with Crippen molar-refractivity contribution in [3.8, 4) is 0 Å². The lowest BCUT2D eigenvalue weighted by Gasteiger charge is -1.91. The van der Waals surface area contributed by atoms with E-state index in [-0.39, 0.29) is 0 Å². The van der Waals surface area contributed by atoms with E-state index in [0.29, 0.717) is 0 Å². The average Bonchev–Trinajstić information content (AvgIpc) is 2.17. The predicted octanol–water partition coefficient (Wildman–Crippen LogP) is 3.33. The first-order chi connectivity index (χ1) is 6.33. The second kappa shape index (κ2) is 5.60. The highest BCUT2D eigenvalue weighted by Gasteiger charge is 1.84. The third-order valence-electron chi connectivity index (χ3n) is 1.51. The van der Waals surface area contributed by atoms with Crippen LogP contribution in [0.5, 0.6) is 0 Å². The highest BCUT2D eigenvalue weighted by Crippen LogP contribution is 2.03. The fraction of sp³-hybridized carbons (Fsp3) is 0.182. The van der Waals surface area contributed by atoms with Gasteiger partial charge in [-0.15, -0.1) is 11.8 Å². The van der Waals surface area contributed by atoms with E-state index < -0.39 is 0 Å². The second-order valence-corrected chi connectivity index (χ2v) is 3.37. The minimum Gasteiger partial charge on any atom is -0.260 e. The summed E-state index contributed by atoms with van der Waals surface area (Å²) in [6, 6.07) is 10.1. The topological polar surface area (TPSA) is 12.4 Å². The third-order valence-corrected chi connectivity index (χ3v) is 2.08. The van der Waals surface area contributed by atoms with E-state index in [1.165, 1.54) is 0 Å². The molecule has 0 amide bonds. The quantitative estimate of drug-likeness (QED) is 0.667. The van der Waals surface area contributed by atoms with Crippen molar-refractivity contribution in [2.24, 2.45) is 4.99 Å². The van der Waals surface area contributed by atoms with Crippen LogP contribution in [0.2, 0.25) is 0 Å². The summed E-state index contributed by atoms with van der Waals surface area (Å²) in [6.45, 7) is 2.00. The van der Waals surface area contributed by atoms with E-state index in [1.807, 2.05) is 55.1 Å². The van der Waals surface area contributed by atoms with Gasteiger partial charge in [0.15, 0.2) is 0 Å². The van der Waals surface area contributed by atoms with Gasteiger partial charge >= 0.3 is 0 Å². The summed E-state index contributed by atoms with van der Waals surface area (Å²) in [7, 11) is 0. The van der Waals surface area contributed by atoms with Crippen LogP contribution in [0.1, 0.15) is 12.5 Å². The van der Waals surface area contributed by atoms with Gasteiger partial charge in [-0.3, -0.25) is 4.99 Å². The minimum absolute atomic E-state index is 1.04. The van der Waals surface area contributed by atoms with Crippen LogP contribution < -0.4 is 0 Å². The number of hydrogen-bond donors (Lipinski definition) is 0. The van der Waals surface area contributed by atoms with Crippen LogP contribution in [0.4, 0.5) is 0 Å². The van der Waals surface area contributed by atoms with Gasteiger partial charge in [0.25, 0.3) is 0 Å². The number of thioether (sulfide) groups is 1. The maximum absolute atomic E-state index is 4.30. The molecule has 1 rings (SSSR count). The lowest BCUT2D eigenvalue weighted by Crippen LogP contribution is -1.78. The first kappa shape index (κ1) is 10.1. The molecule has 0 aliphatic heterocycles. The van der Waals surface area contributed by atoms with Crippen LogP contribution in [0.25, 0.3) is 0 Å². The molecule has 0 aliphatic carbocycles. The monoisotopic (exact) mass is 191 g/mol. The van der Waals surface area contributed by atoms with E-state index in [2.05, 4.69) is 4.99 Å². The first-order valence-electron chi connectivity index (χ1n) is 4.11. The maximum Gasteiger partial charge on any atom is 0.0435 e. The van der Waals surface area contributed by atoms with E-state index in [1.54, 1.807) is 11.8 Å². The summed E-state index contributed by atoms with van der Waals surface area (Å²) in [5.41, 5.74) is 2.17. The molecule has 0 heterocycles. The van der Waals surface area contributed by atoms with Gasteiger partial charge in [0.2, 0.25) is 0 Å². The standard InChI is InChI=1S/C11H13NS/c1-10(9-13-2)12-8-11-6-4-3-5-7-11/h3-9H,1-2H3/b10-9-,12-8+. The van der Waals surface area contributed by atoms with E-state index in [0.717, 1.165) is 11.3 Å². The number of benzene rings is 1. The molecule has 0 N–H and O–H groups in total. The van der Waals surface area contributed by atoms with Gasteiger partial charge in [-0.1, -0.05) is 30.3 Å². The highest BCUT2D eigenvalue weighted by atomic mass is 32.2. The largest absolute Gasteiger partial charge is 0.260 e. The van der Waals surface area contributed by atoms with Crippen molar-refractivity contribution >= 4 is 18.0 Å². The summed E-state index contributed by atoms with van der Waals surface area (Å²) in [5, 5.41) is 2.03. The van der Waals surface area contributed by atoms with Crippen LogP contribution in [0, 0.1) is 0 Å². The van der Waals surface area contributed by atoms with Gasteiger partial charge < -0.3 is 0 Å². The van der Waals surface area contributed by atoms with Crippen molar-refractivity contribution in [1.82, 2.24) is 0 Å². The summed E-state index contributed by atoms with van der Waals surface area (Å²) in [6.07, 6.45) is 3.91. The SMILES string of the molecule is CS/C=C(C)\N=C\c1ccccc1. The smallest absolute Gasteiger partial charge is 0.0435 e. The van der Waals surface area contributed by atoms with Crippen molar-refractivity contribution < 1.29 is 0 Å². The summed E-state index contributed by atoms with van der Waals surface area (Å²) in [5.74, 6) is 0. The number of hydrogen-bond acceptors (Lipinski definition) is 2. The highest BCUT2D eigenvalue weighted by molar-refractivity contribution is 8.01. The average molecular weight is 191 g/mol. The molecule has 2 heteroatoms. The molecular formula is C11H13NS. The molecule has 0 unspecified atom stereocenters.